The molecule has 0 unspecified atom stereocenters. The number of carbonyl (C=O) groups is 2. The van der Waals surface area contributed by atoms with Crippen LogP contribution in [0.3, 0.4) is 0 Å². The predicted molar refractivity (Wildman–Crippen MR) is 120 cm³/mol. The van der Waals surface area contributed by atoms with Crippen LogP contribution >= 0.6 is 0 Å². The zero-order chi connectivity index (χ0) is 21.3. The van der Waals surface area contributed by atoms with E-state index in [0.29, 0.717) is 13.0 Å². The normalized spacial score (nSPS) is 11.5. The fraction of sp³-hybridized carbons (Fsp3) is 0.231. The summed E-state index contributed by atoms with van der Waals surface area (Å²) in [6, 6.07) is 27.0. The standard InChI is InChI=1S/C26H28N2O2/c1-20-13-15-23(16-14-20)19-28(25(29)18-22-11-7-4-8-12-22)24(26(30)27-2)17-21-9-5-3-6-10-21/h3-16,24H,17-19H2,1-2H3,(H,27,30)/t24-/m0/s1. The number of hydrogen-bond donors (Lipinski definition) is 1. The zero-order valence-corrected chi connectivity index (χ0v) is 17.5. The van der Waals surface area contributed by atoms with Gasteiger partial charge in [0.25, 0.3) is 0 Å². The number of carbonyl (C=O) groups excluding carboxylic acids is 2. The Kier molecular flexibility index (Phi) is 7.39. The molecule has 1 N–H and O–H groups in total. The first kappa shape index (κ1) is 21.3. The summed E-state index contributed by atoms with van der Waals surface area (Å²) >= 11 is 0. The molecule has 0 heterocycles. The molecule has 0 bridgehead atoms. The van der Waals surface area contributed by atoms with E-state index < -0.39 is 6.04 Å². The Balaban J connectivity index is 1.92. The maximum atomic E-state index is 13.4. The maximum absolute atomic E-state index is 13.4. The van der Waals surface area contributed by atoms with Crippen LogP contribution in [0.2, 0.25) is 0 Å². The Morgan fingerprint density at radius 2 is 1.37 bits per heavy atom. The highest BCUT2D eigenvalue weighted by Gasteiger charge is 2.29. The second-order valence-corrected chi connectivity index (χ2v) is 7.49. The van der Waals surface area contributed by atoms with Gasteiger partial charge in [-0.15, -0.1) is 0 Å². The SMILES string of the molecule is CNC(=O)[C@H](Cc1ccccc1)N(Cc1ccc(C)cc1)C(=O)Cc1ccccc1. The minimum atomic E-state index is -0.588. The molecule has 0 radical (unpaired) electrons. The summed E-state index contributed by atoms with van der Waals surface area (Å²) in [7, 11) is 1.62. The van der Waals surface area contributed by atoms with Gasteiger partial charge in [0.05, 0.1) is 6.42 Å². The molecule has 0 aliphatic carbocycles. The van der Waals surface area contributed by atoms with Gasteiger partial charge in [0.2, 0.25) is 11.8 Å². The smallest absolute Gasteiger partial charge is 0.242 e. The third-order valence-corrected chi connectivity index (χ3v) is 5.19. The van der Waals surface area contributed by atoms with Crippen molar-refractivity contribution in [3.63, 3.8) is 0 Å². The van der Waals surface area contributed by atoms with Crippen LogP contribution in [0.1, 0.15) is 22.3 Å². The number of nitrogens with one attached hydrogen (secondary N) is 1. The number of benzene rings is 3. The number of nitrogens with zero attached hydrogens (tertiary/aromatic N) is 1. The van der Waals surface area contributed by atoms with Crippen LogP contribution in [-0.4, -0.2) is 29.8 Å². The topological polar surface area (TPSA) is 49.4 Å². The lowest BCUT2D eigenvalue weighted by Gasteiger charge is -2.31. The summed E-state index contributed by atoms with van der Waals surface area (Å²) in [5.41, 5.74) is 4.12. The monoisotopic (exact) mass is 400 g/mol. The lowest BCUT2D eigenvalue weighted by atomic mass is 10.0. The van der Waals surface area contributed by atoms with E-state index in [9.17, 15) is 9.59 Å². The molecule has 0 saturated carbocycles. The van der Waals surface area contributed by atoms with Crippen LogP contribution in [0.5, 0.6) is 0 Å². The van der Waals surface area contributed by atoms with Gasteiger partial charge < -0.3 is 10.2 Å². The van der Waals surface area contributed by atoms with Crippen molar-refractivity contribution in [2.45, 2.75) is 32.4 Å². The molecule has 0 spiro atoms. The maximum Gasteiger partial charge on any atom is 0.242 e. The lowest BCUT2D eigenvalue weighted by molar-refractivity contribution is -0.140. The minimum absolute atomic E-state index is 0.0636. The van der Waals surface area contributed by atoms with E-state index in [2.05, 4.69) is 5.32 Å². The summed E-state index contributed by atoms with van der Waals surface area (Å²) in [4.78, 5) is 27.9. The van der Waals surface area contributed by atoms with Gasteiger partial charge in [0, 0.05) is 20.0 Å². The average Bonchev–Trinajstić information content (AvgIpc) is 2.78. The van der Waals surface area contributed by atoms with Crippen molar-refractivity contribution in [1.82, 2.24) is 10.2 Å². The van der Waals surface area contributed by atoms with Crippen LogP contribution in [-0.2, 0) is 29.0 Å². The third-order valence-electron chi connectivity index (χ3n) is 5.19. The Labute approximate surface area is 178 Å². The van der Waals surface area contributed by atoms with Crippen molar-refractivity contribution >= 4 is 11.8 Å². The second kappa shape index (κ2) is 10.4. The van der Waals surface area contributed by atoms with Crippen LogP contribution in [0, 0.1) is 6.92 Å². The Bertz CT molecular complexity index is 953. The summed E-state index contributed by atoms with van der Waals surface area (Å²) in [6.07, 6.45) is 0.724. The number of aryl methyl sites for hydroxylation is 1. The van der Waals surface area contributed by atoms with Crippen molar-refractivity contribution in [1.29, 1.82) is 0 Å². The van der Waals surface area contributed by atoms with Gasteiger partial charge in [-0.2, -0.15) is 0 Å². The van der Waals surface area contributed by atoms with Gasteiger partial charge in [-0.1, -0.05) is 90.5 Å². The zero-order valence-electron chi connectivity index (χ0n) is 17.5. The van der Waals surface area contributed by atoms with Crippen LogP contribution < -0.4 is 5.32 Å². The van der Waals surface area contributed by atoms with E-state index in [0.717, 1.165) is 22.3 Å². The molecule has 4 nitrogen and oxygen atoms in total. The van der Waals surface area contributed by atoms with E-state index in [1.54, 1.807) is 11.9 Å². The van der Waals surface area contributed by atoms with E-state index in [4.69, 9.17) is 0 Å². The first-order chi connectivity index (χ1) is 14.6. The number of likely N-dealkylation sites (N-methyl/N-ethyl adjacent to an activating group) is 1. The number of hydrogen-bond acceptors (Lipinski definition) is 2. The van der Waals surface area contributed by atoms with Gasteiger partial charge in [0.15, 0.2) is 0 Å². The second-order valence-electron chi connectivity index (χ2n) is 7.49. The van der Waals surface area contributed by atoms with Gasteiger partial charge in [-0.25, -0.2) is 0 Å². The van der Waals surface area contributed by atoms with Crippen molar-refractivity contribution in [2.75, 3.05) is 7.05 Å². The van der Waals surface area contributed by atoms with Gasteiger partial charge >= 0.3 is 0 Å². The molecule has 3 rings (SSSR count). The van der Waals surface area contributed by atoms with E-state index in [1.165, 1.54) is 0 Å². The molecular formula is C26H28N2O2. The molecule has 0 fully saturated rings. The molecular weight excluding hydrogens is 372 g/mol. The molecule has 30 heavy (non-hydrogen) atoms. The minimum Gasteiger partial charge on any atom is -0.357 e. The van der Waals surface area contributed by atoms with E-state index in [1.807, 2.05) is 91.9 Å². The van der Waals surface area contributed by atoms with Crippen LogP contribution in [0.15, 0.2) is 84.9 Å². The molecule has 2 amide bonds. The Morgan fingerprint density at radius 3 is 1.93 bits per heavy atom. The van der Waals surface area contributed by atoms with Crippen molar-refractivity contribution in [3.8, 4) is 0 Å². The number of rotatable bonds is 8. The summed E-state index contributed by atoms with van der Waals surface area (Å²) in [6.45, 7) is 2.42. The molecule has 3 aromatic carbocycles. The molecule has 0 aromatic heterocycles. The predicted octanol–water partition coefficient (Wildman–Crippen LogP) is 3.92. The Hall–Kier alpha value is -3.40. The third kappa shape index (κ3) is 5.80. The van der Waals surface area contributed by atoms with Gasteiger partial charge in [-0.3, -0.25) is 9.59 Å². The van der Waals surface area contributed by atoms with E-state index in [-0.39, 0.29) is 18.2 Å². The fourth-order valence-electron chi connectivity index (χ4n) is 3.48. The van der Waals surface area contributed by atoms with Crippen LogP contribution in [0.4, 0.5) is 0 Å². The van der Waals surface area contributed by atoms with Gasteiger partial charge in [0.1, 0.15) is 6.04 Å². The first-order valence-electron chi connectivity index (χ1n) is 10.2. The molecule has 0 aliphatic heterocycles. The summed E-state index contributed by atoms with van der Waals surface area (Å²) in [5, 5.41) is 2.75. The van der Waals surface area contributed by atoms with Crippen molar-refractivity contribution < 1.29 is 9.59 Å². The quantitative estimate of drug-likeness (QED) is 0.623. The number of amides is 2. The molecule has 0 saturated heterocycles. The molecule has 1 atom stereocenters. The largest absolute Gasteiger partial charge is 0.357 e. The Morgan fingerprint density at radius 1 is 0.800 bits per heavy atom. The molecule has 4 heteroatoms. The van der Waals surface area contributed by atoms with Crippen LogP contribution in [0.25, 0.3) is 0 Å². The van der Waals surface area contributed by atoms with Crippen molar-refractivity contribution in [3.05, 3.63) is 107 Å². The fourth-order valence-corrected chi connectivity index (χ4v) is 3.48. The summed E-state index contributed by atoms with van der Waals surface area (Å²) in [5.74, 6) is -0.223. The first-order valence-corrected chi connectivity index (χ1v) is 10.2. The highest BCUT2D eigenvalue weighted by Crippen LogP contribution is 2.17. The summed E-state index contributed by atoms with van der Waals surface area (Å²) < 4.78 is 0. The molecule has 3 aromatic rings. The lowest BCUT2D eigenvalue weighted by Crippen LogP contribution is -2.50. The van der Waals surface area contributed by atoms with Gasteiger partial charge in [-0.05, 0) is 23.6 Å². The van der Waals surface area contributed by atoms with E-state index >= 15 is 0 Å². The highest BCUT2D eigenvalue weighted by atomic mass is 16.2. The molecule has 0 aliphatic rings. The average molecular weight is 401 g/mol. The highest BCUT2D eigenvalue weighted by molar-refractivity contribution is 5.88. The molecule has 154 valence electrons. The van der Waals surface area contributed by atoms with Crippen molar-refractivity contribution in [2.24, 2.45) is 0 Å².